The number of aryl methyl sites for hydroxylation is 2. The number of aliphatic hydroxyl groups excluding tert-OH is 1. The van der Waals surface area contributed by atoms with E-state index in [9.17, 15) is 5.11 Å². The van der Waals surface area contributed by atoms with Crippen molar-refractivity contribution < 1.29 is 5.11 Å². The molecule has 3 rings (SSSR count). The number of benzene rings is 1. The first-order valence-corrected chi connectivity index (χ1v) is 7.03. The summed E-state index contributed by atoms with van der Waals surface area (Å²) in [7, 11) is 0. The fourth-order valence-electron chi connectivity index (χ4n) is 3.12. The second-order valence-electron chi connectivity index (χ2n) is 5.24. The van der Waals surface area contributed by atoms with Crippen LogP contribution >= 0.6 is 0 Å². The van der Waals surface area contributed by atoms with Gasteiger partial charge in [-0.2, -0.15) is 0 Å². The molecule has 3 nitrogen and oxygen atoms in total. The summed E-state index contributed by atoms with van der Waals surface area (Å²) in [5.74, 6) is 0. The molecule has 0 bridgehead atoms. The third kappa shape index (κ3) is 2.24. The van der Waals surface area contributed by atoms with Crippen molar-refractivity contribution in [1.82, 2.24) is 10.3 Å². The molecule has 3 heteroatoms. The molecule has 100 valence electrons. The van der Waals surface area contributed by atoms with E-state index in [4.69, 9.17) is 4.98 Å². The summed E-state index contributed by atoms with van der Waals surface area (Å²) < 4.78 is 0. The predicted octanol–water partition coefficient (Wildman–Crippen LogP) is 2.50. The van der Waals surface area contributed by atoms with E-state index in [0.29, 0.717) is 0 Å². The molecule has 0 spiro atoms. The summed E-state index contributed by atoms with van der Waals surface area (Å²) in [6, 6.07) is 8.57. The Balaban J connectivity index is 2.21. The first-order valence-electron chi connectivity index (χ1n) is 7.03. The molecule has 2 aromatic rings. The van der Waals surface area contributed by atoms with Crippen LogP contribution in [-0.2, 0) is 6.42 Å². The maximum atomic E-state index is 9.28. The van der Waals surface area contributed by atoms with Gasteiger partial charge in [0, 0.05) is 23.7 Å². The van der Waals surface area contributed by atoms with Gasteiger partial charge in [-0.05, 0) is 49.9 Å². The van der Waals surface area contributed by atoms with Crippen LogP contribution in [0.4, 0.5) is 0 Å². The predicted molar refractivity (Wildman–Crippen MR) is 77.2 cm³/mol. The lowest BCUT2D eigenvalue weighted by atomic mass is 9.94. The van der Waals surface area contributed by atoms with Crippen molar-refractivity contribution >= 4 is 10.9 Å². The molecule has 2 heterocycles. The standard InChI is InChI=1S/C16H20N2O/c1-11-12-5-2-3-6-13(12)18-15-7-4-9-17-14(8-10-19)16(11)15/h2-3,5-6,14,17,19H,4,7-10H2,1H3. The number of nitrogens with zero attached hydrogens (tertiary/aromatic N) is 1. The Bertz CT molecular complexity index is 595. The number of rotatable bonds is 2. The highest BCUT2D eigenvalue weighted by Gasteiger charge is 2.22. The van der Waals surface area contributed by atoms with E-state index in [1.165, 1.54) is 22.2 Å². The number of aromatic nitrogens is 1. The fraction of sp³-hybridized carbons (Fsp3) is 0.438. The Morgan fingerprint density at radius 1 is 1.37 bits per heavy atom. The molecule has 1 aromatic carbocycles. The van der Waals surface area contributed by atoms with E-state index in [2.05, 4.69) is 30.4 Å². The SMILES string of the molecule is Cc1c2c(nc3ccccc13)CCCNC2CCO. The second-order valence-corrected chi connectivity index (χ2v) is 5.24. The van der Waals surface area contributed by atoms with Gasteiger partial charge in [-0.1, -0.05) is 18.2 Å². The van der Waals surface area contributed by atoms with Gasteiger partial charge in [-0.3, -0.25) is 4.98 Å². The first kappa shape index (κ1) is 12.6. The van der Waals surface area contributed by atoms with Crippen LogP contribution in [0.5, 0.6) is 0 Å². The normalized spacial score (nSPS) is 19.2. The average Bonchev–Trinajstić information content (AvgIpc) is 2.62. The maximum absolute atomic E-state index is 9.28. The minimum atomic E-state index is 0.212. The van der Waals surface area contributed by atoms with Gasteiger partial charge in [0.25, 0.3) is 0 Å². The number of aliphatic hydroxyl groups is 1. The lowest BCUT2D eigenvalue weighted by molar-refractivity contribution is 0.266. The van der Waals surface area contributed by atoms with Gasteiger partial charge in [-0.15, -0.1) is 0 Å². The van der Waals surface area contributed by atoms with Gasteiger partial charge in [0.15, 0.2) is 0 Å². The number of pyridine rings is 1. The Kier molecular flexibility index (Phi) is 3.49. The van der Waals surface area contributed by atoms with Crippen molar-refractivity contribution in [2.45, 2.75) is 32.2 Å². The Hall–Kier alpha value is -1.45. The van der Waals surface area contributed by atoms with Gasteiger partial charge >= 0.3 is 0 Å². The minimum Gasteiger partial charge on any atom is -0.396 e. The summed E-state index contributed by atoms with van der Waals surface area (Å²) >= 11 is 0. The van der Waals surface area contributed by atoms with Crippen molar-refractivity contribution in [1.29, 1.82) is 0 Å². The summed E-state index contributed by atoms with van der Waals surface area (Å²) in [6.07, 6.45) is 2.89. The zero-order valence-electron chi connectivity index (χ0n) is 11.3. The van der Waals surface area contributed by atoms with Crippen LogP contribution < -0.4 is 5.32 Å². The van der Waals surface area contributed by atoms with Gasteiger partial charge in [0.1, 0.15) is 0 Å². The third-order valence-electron chi connectivity index (χ3n) is 4.03. The van der Waals surface area contributed by atoms with E-state index in [-0.39, 0.29) is 12.6 Å². The molecule has 19 heavy (non-hydrogen) atoms. The quantitative estimate of drug-likeness (QED) is 0.867. The minimum absolute atomic E-state index is 0.212. The highest BCUT2D eigenvalue weighted by Crippen LogP contribution is 2.31. The van der Waals surface area contributed by atoms with E-state index in [1.807, 2.05) is 6.07 Å². The summed E-state index contributed by atoms with van der Waals surface area (Å²) in [5.41, 5.74) is 4.92. The molecule has 1 aliphatic rings. The molecular weight excluding hydrogens is 236 g/mol. The molecule has 1 atom stereocenters. The van der Waals surface area contributed by atoms with Crippen LogP contribution in [0.2, 0.25) is 0 Å². The van der Waals surface area contributed by atoms with Gasteiger partial charge in [-0.25, -0.2) is 0 Å². The van der Waals surface area contributed by atoms with Crippen molar-refractivity contribution in [2.24, 2.45) is 0 Å². The Morgan fingerprint density at radius 3 is 3.05 bits per heavy atom. The average molecular weight is 256 g/mol. The number of fused-ring (bicyclic) bond motifs is 2. The molecule has 0 radical (unpaired) electrons. The maximum Gasteiger partial charge on any atom is 0.0708 e. The molecule has 1 aliphatic heterocycles. The van der Waals surface area contributed by atoms with Crippen LogP contribution in [0.3, 0.4) is 0 Å². The molecule has 1 unspecified atom stereocenters. The highest BCUT2D eigenvalue weighted by atomic mass is 16.3. The van der Waals surface area contributed by atoms with E-state index in [1.54, 1.807) is 0 Å². The smallest absolute Gasteiger partial charge is 0.0708 e. The fourth-order valence-corrected chi connectivity index (χ4v) is 3.12. The highest BCUT2D eigenvalue weighted by molar-refractivity contribution is 5.83. The van der Waals surface area contributed by atoms with Crippen LogP contribution in [0.15, 0.2) is 24.3 Å². The van der Waals surface area contributed by atoms with Crippen molar-refractivity contribution in [3.05, 3.63) is 41.1 Å². The monoisotopic (exact) mass is 256 g/mol. The topological polar surface area (TPSA) is 45.2 Å². The molecule has 0 saturated heterocycles. The van der Waals surface area contributed by atoms with Crippen molar-refractivity contribution in [3.63, 3.8) is 0 Å². The number of nitrogens with one attached hydrogen (secondary N) is 1. The number of para-hydroxylation sites is 1. The van der Waals surface area contributed by atoms with E-state index >= 15 is 0 Å². The van der Waals surface area contributed by atoms with Crippen molar-refractivity contribution in [3.8, 4) is 0 Å². The lowest BCUT2D eigenvalue weighted by Gasteiger charge is -2.21. The van der Waals surface area contributed by atoms with Gasteiger partial charge in [0.05, 0.1) is 5.52 Å². The van der Waals surface area contributed by atoms with Crippen LogP contribution in [0.1, 0.15) is 35.7 Å². The summed E-state index contributed by atoms with van der Waals surface area (Å²) in [6.45, 7) is 3.39. The molecule has 0 aliphatic carbocycles. The van der Waals surface area contributed by atoms with Crippen molar-refractivity contribution in [2.75, 3.05) is 13.2 Å². The molecule has 0 amide bonds. The first-order chi connectivity index (χ1) is 9.31. The number of hydrogen-bond donors (Lipinski definition) is 2. The Labute approximate surface area is 113 Å². The lowest BCUT2D eigenvalue weighted by Crippen LogP contribution is -2.23. The summed E-state index contributed by atoms with van der Waals surface area (Å²) in [5, 5.41) is 14.1. The molecule has 2 N–H and O–H groups in total. The number of hydrogen-bond acceptors (Lipinski definition) is 3. The molecular formula is C16H20N2O. The molecule has 0 fully saturated rings. The van der Waals surface area contributed by atoms with E-state index in [0.717, 1.165) is 31.3 Å². The zero-order valence-corrected chi connectivity index (χ0v) is 11.3. The third-order valence-corrected chi connectivity index (χ3v) is 4.03. The second kappa shape index (κ2) is 5.27. The van der Waals surface area contributed by atoms with Crippen LogP contribution in [0.25, 0.3) is 10.9 Å². The Morgan fingerprint density at radius 2 is 2.21 bits per heavy atom. The van der Waals surface area contributed by atoms with Crippen LogP contribution in [-0.4, -0.2) is 23.2 Å². The zero-order chi connectivity index (χ0) is 13.2. The van der Waals surface area contributed by atoms with Crippen LogP contribution in [0, 0.1) is 6.92 Å². The van der Waals surface area contributed by atoms with Gasteiger partial charge < -0.3 is 10.4 Å². The molecule has 0 saturated carbocycles. The summed E-state index contributed by atoms with van der Waals surface area (Å²) in [4.78, 5) is 4.85. The largest absolute Gasteiger partial charge is 0.396 e. The molecule has 1 aromatic heterocycles. The van der Waals surface area contributed by atoms with Gasteiger partial charge in [0.2, 0.25) is 0 Å². The van der Waals surface area contributed by atoms with E-state index < -0.39 is 0 Å².